The van der Waals surface area contributed by atoms with Crippen molar-refractivity contribution in [2.45, 2.75) is 31.6 Å². The Kier molecular flexibility index (Phi) is 8.07. The maximum Gasteiger partial charge on any atom is 0.0553 e. The summed E-state index contributed by atoms with van der Waals surface area (Å²) in [6.45, 7) is 5.35. The van der Waals surface area contributed by atoms with Crippen molar-refractivity contribution in [2.24, 2.45) is 0 Å². The Morgan fingerprint density at radius 1 is 1.42 bits per heavy atom. The van der Waals surface area contributed by atoms with Crippen molar-refractivity contribution in [2.75, 3.05) is 26.5 Å². The Morgan fingerprint density at radius 3 is 2.58 bits per heavy atom. The van der Waals surface area contributed by atoms with Crippen LogP contribution >= 0.6 is 11.8 Å². The zero-order valence-corrected chi connectivity index (χ0v) is 9.41. The number of hydrogen-bond acceptors (Lipinski definition) is 3. The van der Waals surface area contributed by atoms with Crippen LogP contribution in [0.15, 0.2) is 0 Å². The zero-order valence-electron chi connectivity index (χ0n) is 8.59. The Morgan fingerprint density at radius 2 is 2.08 bits per heavy atom. The van der Waals surface area contributed by atoms with Gasteiger partial charge >= 0.3 is 0 Å². The van der Waals surface area contributed by atoms with Gasteiger partial charge in [-0.15, -0.1) is 0 Å². The van der Waals surface area contributed by atoms with Gasteiger partial charge in [0.15, 0.2) is 0 Å². The van der Waals surface area contributed by atoms with Crippen LogP contribution in [0.3, 0.4) is 0 Å². The molecule has 2 nitrogen and oxygen atoms in total. The van der Waals surface area contributed by atoms with Gasteiger partial charge in [-0.3, -0.25) is 0 Å². The molecule has 0 heterocycles. The van der Waals surface area contributed by atoms with Gasteiger partial charge in [-0.1, -0.05) is 6.92 Å². The molecule has 12 heavy (non-hydrogen) atoms. The van der Waals surface area contributed by atoms with E-state index >= 15 is 0 Å². The molecule has 0 amide bonds. The summed E-state index contributed by atoms with van der Waals surface area (Å²) < 4.78 is 4.99. The highest BCUT2D eigenvalue weighted by Gasteiger charge is 2.06. The summed E-state index contributed by atoms with van der Waals surface area (Å²) in [6.07, 6.45) is 1.23. The lowest BCUT2D eigenvalue weighted by molar-refractivity contribution is 0.218. The molecule has 0 rings (SSSR count). The third-order valence-electron chi connectivity index (χ3n) is 1.87. The average molecular weight is 191 g/mol. The van der Waals surface area contributed by atoms with E-state index in [2.05, 4.69) is 19.2 Å². The predicted molar refractivity (Wildman–Crippen MR) is 56.9 cm³/mol. The molecule has 0 aromatic carbocycles. The molecule has 0 aromatic rings. The molecule has 1 N–H and O–H groups in total. The minimum atomic E-state index is 0.620. The summed E-state index contributed by atoms with van der Waals surface area (Å²) in [5.41, 5.74) is 0. The van der Waals surface area contributed by atoms with Gasteiger partial charge < -0.3 is 10.1 Å². The molecule has 0 bridgehead atoms. The molecule has 74 valence electrons. The molecule has 0 aliphatic rings. The smallest absolute Gasteiger partial charge is 0.0553 e. The number of nitrogens with one attached hydrogen (secondary N) is 1. The molecule has 0 saturated carbocycles. The number of ether oxygens (including phenoxy) is 1. The van der Waals surface area contributed by atoms with Gasteiger partial charge in [-0.2, -0.15) is 11.8 Å². The molecular formula is C9H21NOS. The van der Waals surface area contributed by atoms with Crippen molar-refractivity contribution in [3.63, 3.8) is 0 Å². The molecule has 0 saturated heterocycles. The third kappa shape index (κ3) is 6.95. The normalized spacial score (nSPS) is 16.0. The molecule has 3 heteroatoms. The van der Waals surface area contributed by atoms with Crippen molar-refractivity contribution < 1.29 is 4.74 Å². The first-order valence-corrected chi connectivity index (χ1v) is 5.53. The lowest BCUT2D eigenvalue weighted by Gasteiger charge is -2.15. The van der Waals surface area contributed by atoms with Gasteiger partial charge in [-0.25, -0.2) is 0 Å². The number of hydrogen-bond donors (Lipinski definition) is 1. The predicted octanol–water partition coefficient (Wildman–Crippen LogP) is 1.75. The van der Waals surface area contributed by atoms with Crippen LogP contribution in [0.1, 0.15) is 20.3 Å². The van der Waals surface area contributed by atoms with Gasteiger partial charge in [0.25, 0.3) is 0 Å². The fraction of sp³-hybridized carbons (Fsp3) is 1.00. The third-order valence-corrected chi connectivity index (χ3v) is 3.03. The van der Waals surface area contributed by atoms with Crippen LogP contribution in [0.5, 0.6) is 0 Å². The second-order valence-electron chi connectivity index (χ2n) is 3.10. The summed E-state index contributed by atoms with van der Waals surface area (Å²) in [4.78, 5) is 0. The van der Waals surface area contributed by atoms with Crippen molar-refractivity contribution in [1.82, 2.24) is 5.32 Å². The standard InChI is InChI=1S/C9H21NOS/c1-8(10-3)7-9(2)12-6-5-11-4/h8-10H,5-7H2,1-4H3. The molecule has 0 spiro atoms. The zero-order chi connectivity index (χ0) is 9.40. The first-order valence-electron chi connectivity index (χ1n) is 4.48. The molecule has 2 unspecified atom stereocenters. The molecule has 0 radical (unpaired) electrons. The van der Waals surface area contributed by atoms with Crippen molar-refractivity contribution in [3.8, 4) is 0 Å². The highest BCUT2D eigenvalue weighted by Crippen LogP contribution is 2.15. The maximum absolute atomic E-state index is 4.99. The van der Waals surface area contributed by atoms with E-state index < -0.39 is 0 Å². The fourth-order valence-corrected chi connectivity index (χ4v) is 2.11. The largest absolute Gasteiger partial charge is 0.384 e. The van der Waals surface area contributed by atoms with Crippen LogP contribution in [-0.2, 0) is 4.74 Å². The summed E-state index contributed by atoms with van der Waals surface area (Å²) in [6, 6.07) is 0.620. The van der Waals surface area contributed by atoms with Crippen LogP contribution in [0, 0.1) is 0 Å². The number of rotatable bonds is 7. The summed E-state index contributed by atoms with van der Waals surface area (Å²) in [5, 5.41) is 3.97. The molecular weight excluding hydrogens is 170 g/mol. The Labute approximate surface area is 80.4 Å². The fourth-order valence-electron chi connectivity index (χ4n) is 1.02. The molecule has 0 aromatic heterocycles. The van der Waals surface area contributed by atoms with E-state index in [1.807, 2.05) is 18.8 Å². The Bertz CT molecular complexity index is 101. The number of methoxy groups -OCH3 is 1. The van der Waals surface area contributed by atoms with E-state index in [1.165, 1.54) is 6.42 Å². The summed E-state index contributed by atoms with van der Waals surface area (Å²) in [5.74, 6) is 1.11. The van der Waals surface area contributed by atoms with Gasteiger partial charge in [-0.05, 0) is 20.4 Å². The Balaban J connectivity index is 3.26. The van der Waals surface area contributed by atoms with Gasteiger partial charge in [0.1, 0.15) is 0 Å². The van der Waals surface area contributed by atoms with Gasteiger partial charge in [0, 0.05) is 24.2 Å². The van der Waals surface area contributed by atoms with Crippen LogP contribution in [0.4, 0.5) is 0 Å². The molecule has 2 atom stereocenters. The topological polar surface area (TPSA) is 21.3 Å². The van der Waals surface area contributed by atoms with E-state index in [-0.39, 0.29) is 0 Å². The Hall–Kier alpha value is 0.270. The van der Waals surface area contributed by atoms with Gasteiger partial charge in [0.2, 0.25) is 0 Å². The monoisotopic (exact) mass is 191 g/mol. The van der Waals surface area contributed by atoms with Crippen molar-refractivity contribution in [1.29, 1.82) is 0 Å². The van der Waals surface area contributed by atoms with Gasteiger partial charge in [0.05, 0.1) is 6.61 Å². The SMILES string of the molecule is CNC(C)CC(C)SCCOC. The van der Waals surface area contributed by atoms with Crippen LogP contribution < -0.4 is 5.32 Å². The van der Waals surface area contributed by atoms with E-state index in [0.29, 0.717) is 6.04 Å². The van der Waals surface area contributed by atoms with E-state index in [9.17, 15) is 0 Å². The maximum atomic E-state index is 4.99. The minimum Gasteiger partial charge on any atom is -0.384 e. The first-order chi connectivity index (χ1) is 5.70. The molecule has 0 aliphatic carbocycles. The van der Waals surface area contributed by atoms with Crippen LogP contribution in [-0.4, -0.2) is 37.8 Å². The lowest BCUT2D eigenvalue weighted by Crippen LogP contribution is -2.24. The molecule has 0 aliphatic heterocycles. The second kappa shape index (κ2) is 7.90. The van der Waals surface area contributed by atoms with E-state index in [1.54, 1.807) is 7.11 Å². The van der Waals surface area contributed by atoms with E-state index in [4.69, 9.17) is 4.74 Å². The summed E-state index contributed by atoms with van der Waals surface area (Å²) >= 11 is 1.98. The number of thioether (sulfide) groups is 1. The second-order valence-corrected chi connectivity index (χ2v) is 4.65. The average Bonchev–Trinajstić information content (AvgIpc) is 2.05. The van der Waals surface area contributed by atoms with Crippen molar-refractivity contribution >= 4 is 11.8 Å². The summed E-state index contributed by atoms with van der Waals surface area (Å²) in [7, 11) is 3.76. The molecule has 0 fully saturated rings. The quantitative estimate of drug-likeness (QED) is 0.620. The van der Waals surface area contributed by atoms with Crippen molar-refractivity contribution in [3.05, 3.63) is 0 Å². The highest BCUT2D eigenvalue weighted by molar-refractivity contribution is 7.99. The van der Waals surface area contributed by atoms with Crippen LogP contribution in [0.25, 0.3) is 0 Å². The van der Waals surface area contributed by atoms with E-state index in [0.717, 1.165) is 17.6 Å². The minimum absolute atomic E-state index is 0.620. The highest BCUT2D eigenvalue weighted by atomic mass is 32.2. The lowest BCUT2D eigenvalue weighted by atomic mass is 10.2. The van der Waals surface area contributed by atoms with Crippen LogP contribution in [0.2, 0.25) is 0 Å². The first kappa shape index (κ1) is 12.3.